The first-order chi connectivity index (χ1) is 13.8. The lowest BCUT2D eigenvalue weighted by Gasteiger charge is -2.24. The summed E-state index contributed by atoms with van der Waals surface area (Å²) >= 11 is 0. The first-order valence-electron chi connectivity index (χ1n) is 10.3. The maximum atomic E-state index is 15.2. The Morgan fingerprint density at radius 3 is 2.72 bits per heavy atom. The number of halogens is 1. The van der Waals surface area contributed by atoms with E-state index in [1.54, 1.807) is 20.6 Å². The van der Waals surface area contributed by atoms with Crippen LogP contribution in [0.1, 0.15) is 34.0 Å². The van der Waals surface area contributed by atoms with Gasteiger partial charge in [0.05, 0.1) is 25.2 Å². The standard InChI is InChI=1S/C22H27B2FN2O2/c1-15-11-26(7-8-29-14-15)12-16-9-18-19(20(10-16)22(23,24)25)13-27(21(18)28)17-5-3-2-4-6-17/h2-6,9-10,15H,7-8,11-14,23-24H2,1H3. The van der Waals surface area contributed by atoms with Gasteiger partial charge in [-0.15, -0.1) is 0 Å². The Hall–Kier alpha value is -2.11. The zero-order valence-corrected chi connectivity index (χ0v) is 17.5. The first kappa shape index (κ1) is 20.2. The second-order valence-corrected chi connectivity index (χ2v) is 8.78. The van der Waals surface area contributed by atoms with E-state index >= 15 is 4.39 Å². The molecule has 0 bridgehead atoms. The topological polar surface area (TPSA) is 32.8 Å². The van der Waals surface area contributed by atoms with Crippen molar-refractivity contribution in [2.75, 3.05) is 31.2 Å². The van der Waals surface area contributed by atoms with Gasteiger partial charge < -0.3 is 9.64 Å². The number of carbonyl (C=O) groups excluding carboxylic acids is 1. The Morgan fingerprint density at radius 1 is 1.24 bits per heavy atom. The van der Waals surface area contributed by atoms with Crippen molar-refractivity contribution in [2.45, 2.75) is 25.5 Å². The minimum atomic E-state index is -1.51. The smallest absolute Gasteiger partial charge is 0.258 e. The SMILES string of the molecule is BC(B)(F)c1cc(CN2CCOCC(C)C2)cc2c1CN(c1ccccc1)C2=O. The van der Waals surface area contributed by atoms with Gasteiger partial charge in [-0.05, 0) is 40.8 Å². The van der Waals surface area contributed by atoms with E-state index in [0.717, 1.165) is 36.5 Å². The highest BCUT2D eigenvalue weighted by Crippen LogP contribution is 2.35. The molecule has 2 aromatic carbocycles. The number of alkyl halides is 1. The zero-order chi connectivity index (χ0) is 20.6. The maximum absolute atomic E-state index is 15.2. The highest BCUT2D eigenvalue weighted by molar-refractivity contribution is 6.39. The molecule has 0 saturated carbocycles. The van der Waals surface area contributed by atoms with E-state index in [4.69, 9.17) is 4.74 Å². The minimum Gasteiger partial charge on any atom is -0.380 e. The molecule has 0 N–H and O–H groups in total. The zero-order valence-electron chi connectivity index (χ0n) is 17.5. The number of fused-ring (bicyclic) bond motifs is 1. The van der Waals surface area contributed by atoms with Gasteiger partial charge in [-0.3, -0.25) is 14.1 Å². The summed E-state index contributed by atoms with van der Waals surface area (Å²) in [6, 6.07) is 13.5. The van der Waals surface area contributed by atoms with Gasteiger partial charge in [-0.25, -0.2) is 0 Å². The summed E-state index contributed by atoms with van der Waals surface area (Å²) in [5, 5.41) is 0. The molecule has 2 aliphatic heterocycles. The predicted octanol–water partition coefficient (Wildman–Crippen LogP) is 1.66. The van der Waals surface area contributed by atoms with Gasteiger partial charge in [0.25, 0.3) is 5.91 Å². The molecule has 0 aliphatic carbocycles. The molecule has 7 heteroatoms. The largest absolute Gasteiger partial charge is 0.380 e. The molecule has 1 unspecified atom stereocenters. The summed E-state index contributed by atoms with van der Waals surface area (Å²) in [4.78, 5) is 17.3. The molecule has 4 nitrogen and oxygen atoms in total. The fourth-order valence-electron chi connectivity index (χ4n) is 4.37. The lowest BCUT2D eigenvalue weighted by Crippen LogP contribution is -2.29. The maximum Gasteiger partial charge on any atom is 0.258 e. The van der Waals surface area contributed by atoms with Crippen LogP contribution in [0.15, 0.2) is 42.5 Å². The van der Waals surface area contributed by atoms with Crippen LogP contribution < -0.4 is 4.90 Å². The Kier molecular flexibility index (Phi) is 5.54. The highest BCUT2D eigenvalue weighted by Gasteiger charge is 2.35. The van der Waals surface area contributed by atoms with Crippen molar-refractivity contribution >= 4 is 27.3 Å². The number of rotatable bonds is 4. The number of ether oxygens (including phenoxy) is 1. The fraction of sp³-hybridized carbons (Fsp3) is 0.409. The van der Waals surface area contributed by atoms with Crippen LogP contribution in [-0.2, 0) is 23.3 Å². The van der Waals surface area contributed by atoms with Gasteiger partial charge in [0.2, 0.25) is 0 Å². The molecule has 4 rings (SSSR count). The lowest BCUT2D eigenvalue weighted by atomic mass is 9.61. The molecule has 0 spiro atoms. The molecule has 150 valence electrons. The number of anilines is 1. The Labute approximate surface area is 173 Å². The molecule has 1 amide bonds. The molecule has 2 aliphatic rings. The van der Waals surface area contributed by atoms with Crippen molar-refractivity contribution in [1.82, 2.24) is 4.90 Å². The number of amides is 1. The third kappa shape index (κ3) is 4.26. The van der Waals surface area contributed by atoms with Crippen molar-refractivity contribution in [3.63, 3.8) is 0 Å². The number of hydrogen-bond acceptors (Lipinski definition) is 3. The molecule has 0 radical (unpaired) electrons. The van der Waals surface area contributed by atoms with E-state index in [-0.39, 0.29) is 5.91 Å². The molecule has 0 aromatic heterocycles. The van der Waals surface area contributed by atoms with Crippen LogP contribution in [0, 0.1) is 5.92 Å². The highest BCUT2D eigenvalue weighted by atomic mass is 19.1. The molecule has 1 saturated heterocycles. The quantitative estimate of drug-likeness (QED) is 0.743. The molecular formula is C22H27B2FN2O2. The molecule has 1 fully saturated rings. The Bertz CT molecular complexity index is 902. The number of para-hydroxylation sites is 1. The number of nitrogens with zero attached hydrogens (tertiary/aromatic N) is 2. The van der Waals surface area contributed by atoms with Crippen LogP contribution in [0.5, 0.6) is 0 Å². The van der Waals surface area contributed by atoms with E-state index in [1.165, 1.54) is 0 Å². The van der Waals surface area contributed by atoms with Gasteiger partial charge in [0.15, 0.2) is 0 Å². The monoisotopic (exact) mass is 392 g/mol. The second kappa shape index (κ2) is 7.96. The molecule has 29 heavy (non-hydrogen) atoms. The van der Waals surface area contributed by atoms with Crippen LogP contribution in [0.25, 0.3) is 0 Å². The molecule has 2 heterocycles. The fourth-order valence-corrected chi connectivity index (χ4v) is 4.37. The van der Waals surface area contributed by atoms with Gasteiger partial charge in [-0.1, -0.05) is 31.2 Å². The van der Waals surface area contributed by atoms with E-state index in [9.17, 15) is 4.79 Å². The van der Waals surface area contributed by atoms with Gasteiger partial charge in [-0.2, -0.15) is 0 Å². The average molecular weight is 392 g/mol. The number of benzene rings is 2. The van der Waals surface area contributed by atoms with E-state index in [2.05, 4.69) is 11.8 Å². The summed E-state index contributed by atoms with van der Waals surface area (Å²) in [6.07, 6.45) is 0. The lowest BCUT2D eigenvalue weighted by molar-refractivity contribution is 0.0996. The van der Waals surface area contributed by atoms with E-state index < -0.39 is 5.47 Å². The average Bonchev–Trinajstić information content (AvgIpc) is 2.86. The summed E-state index contributed by atoms with van der Waals surface area (Å²) in [5.74, 6) is 0.408. The van der Waals surface area contributed by atoms with Crippen molar-refractivity contribution in [3.8, 4) is 0 Å². The molecule has 2 aromatic rings. The minimum absolute atomic E-state index is 0.0499. The summed E-state index contributed by atoms with van der Waals surface area (Å²) in [7, 11) is 3.15. The van der Waals surface area contributed by atoms with Gasteiger partial charge in [0.1, 0.15) is 15.7 Å². The number of hydrogen-bond donors (Lipinski definition) is 0. The van der Waals surface area contributed by atoms with Crippen molar-refractivity contribution < 1.29 is 13.9 Å². The Morgan fingerprint density at radius 2 is 2.00 bits per heavy atom. The second-order valence-electron chi connectivity index (χ2n) is 8.78. The van der Waals surface area contributed by atoms with Crippen LogP contribution in [0.3, 0.4) is 0 Å². The Balaban J connectivity index is 1.69. The molecule has 1 atom stereocenters. The number of carbonyl (C=O) groups is 1. The molecular weight excluding hydrogens is 365 g/mol. The van der Waals surface area contributed by atoms with E-state index in [0.29, 0.717) is 36.7 Å². The van der Waals surface area contributed by atoms with Crippen LogP contribution in [0.4, 0.5) is 10.1 Å². The third-order valence-corrected chi connectivity index (χ3v) is 5.74. The summed E-state index contributed by atoms with van der Waals surface area (Å²) < 4.78 is 20.8. The van der Waals surface area contributed by atoms with E-state index in [1.807, 2.05) is 42.5 Å². The predicted molar refractivity (Wildman–Crippen MR) is 119 cm³/mol. The van der Waals surface area contributed by atoms with Gasteiger partial charge >= 0.3 is 0 Å². The van der Waals surface area contributed by atoms with Crippen molar-refractivity contribution in [2.24, 2.45) is 5.92 Å². The van der Waals surface area contributed by atoms with Crippen molar-refractivity contribution in [3.05, 3.63) is 64.7 Å². The third-order valence-electron chi connectivity index (χ3n) is 5.74. The van der Waals surface area contributed by atoms with Crippen molar-refractivity contribution in [1.29, 1.82) is 0 Å². The van der Waals surface area contributed by atoms with Gasteiger partial charge in [0, 0.05) is 30.9 Å². The first-order valence-corrected chi connectivity index (χ1v) is 10.3. The van der Waals surface area contributed by atoms with Crippen LogP contribution in [0.2, 0.25) is 0 Å². The normalized spacial score (nSPS) is 20.6. The summed E-state index contributed by atoms with van der Waals surface area (Å²) in [5.41, 5.74) is 2.38. The van der Waals surface area contributed by atoms with Crippen LogP contribution in [-0.4, -0.2) is 52.8 Å². The van der Waals surface area contributed by atoms with Crippen LogP contribution >= 0.6 is 0 Å². The summed E-state index contributed by atoms with van der Waals surface area (Å²) in [6.45, 7) is 6.55.